The Hall–Kier alpha value is -0.160. The van der Waals surface area contributed by atoms with E-state index in [9.17, 15) is 5.11 Å². The molecule has 0 amide bonds. The van der Waals surface area contributed by atoms with Gasteiger partial charge in [0.15, 0.2) is 0 Å². The predicted octanol–water partition coefficient (Wildman–Crippen LogP) is 0.891. The summed E-state index contributed by atoms with van der Waals surface area (Å²) >= 11 is 0. The summed E-state index contributed by atoms with van der Waals surface area (Å²) in [5, 5.41) is 9.81. The quantitative estimate of drug-likeness (QED) is 0.799. The molecule has 112 valence electrons. The van der Waals surface area contributed by atoms with Crippen molar-refractivity contribution in [2.75, 3.05) is 32.8 Å². The van der Waals surface area contributed by atoms with E-state index in [1.54, 1.807) is 0 Å². The van der Waals surface area contributed by atoms with Gasteiger partial charge in [-0.2, -0.15) is 0 Å². The molecule has 2 heterocycles. The molecule has 0 saturated carbocycles. The molecule has 2 saturated heterocycles. The van der Waals surface area contributed by atoms with Gasteiger partial charge in [-0.1, -0.05) is 20.8 Å². The van der Waals surface area contributed by atoms with Gasteiger partial charge < -0.3 is 10.8 Å². The minimum atomic E-state index is 0.0189. The molecule has 0 aromatic heterocycles. The molecule has 3 unspecified atom stereocenters. The molecule has 0 spiro atoms. The van der Waals surface area contributed by atoms with Gasteiger partial charge in [0, 0.05) is 24.7 Å². The zero-order valence-electron chi connectivity index (χ0n) is 12.8. The van der Waals surface area contributed by atoms with Crippen LogP contribution in [0.4, 0.5) is 0 Å². The zero-order chi connectivity index (χ0) is 14.0. The maximum Gasteiger partial charge on any atom is 0.0602 e. The lowest BCUT2D eigenvalue weighted by molar-refractivity contribution is 0.0657. The van der Waals surface area contributed by atoms with Crippen LogP contribution in [0.3, 0.4) is 0 Å². The molecule has 2 aliphatic rings. The van der Waals surface area contributed by atoms with E-state index in [0.29, 0.717) is 6.04 Å². The lowest BCUT2D eigenvalue weighted by Crippen LogP contribution is -2.57. The van der Waals surface area contributed by atoms with Gasteiger partial charge in [-0.25, -0.2) is 0 Å². The van der Waals surface area contributed by atoms with Crippen molar-refractivity contribution in [3.63, 3.8) is 0 Å². The number of aliphatic hydroxyl groups excluding tert-OH is 1. The largest absolute Gasteiger partial charge is 0.395 e. The summed E-state index contributed by atoms with van der Waals surface area (Å²) in [4.78, 5) is 5.07. The van der Waals surface area contributed by atoms with Crippen LogP contribution in [-0.4, -0.2) is 65.8 Å². The fraction of sp³-hybridized carbons (Fsp3) is 1.00. The van der Waals surface area contributed by atoms with Crippen LogP contribution < -0.4 is 5.73 Å². The fourth-order valence-electron chi connectivity index (χ4n) is 3.57. The second-order valence-electron chi connectivity index (χ2n) is 7.32. The van der Waals surface area contributed by atoms with Crippen LogP contribution >= 0.6 is 0 Å². The Morgan fingerprint density at radius 2 is 1.89 bits per heavy atom. The summed E-state index contributed by atoms with van der Waals surface area (Å²) in [6.45, 7) is 11.3. The van der Waals surface area contributed by atoms with E-state index in [1.807, 2.05) is 0 Å². The maximum absolute atomic E-state index is 9.81. The first-order valence-corrected chi connectivity index (χ1v) is 7.78. The standard InChI is InChI=1S/C15H31N3O/c1-15(2,3)14(16)13(11-19)18-9-5-8-17-7-4-6-12(17)10-18/h12-14,19H,4-11,16H2,1-3H3. The van der Waals surface area contributed by atoms with Crippen LogP contribution in [0.5, 0.6) is 0 Å². The van der Waals surface area contributed by atoms with Crippen molar-refractivity contribution in [1.82, 2.24) is 9.80 Å². The Balaban J connectivity index is 2.05. The van der Waals surface area contributed by atoms with E-state index in [4.69, 9.17) is 5.73 Å². The highest BCUT2D eigenvalue weighted by Crippen LogP contribution is 2.27. The molecular weight excluding hydrogens is 238 g/mol. The van der Waals surface area contributed by atoms with Crippen molar-refractivity contribution in [3.8, 4) is 0 Å². The number of hydrogen-bond acceptors (Lipinski definition) is 4. The van der Waals surface area contributed by atoms with Crippen LogP contribution in [0, 0.1) is 5.41 Å². The predicted molar refractivity (Wildman–Crippen MR) is 79.1 cm³/mol. The smallest absolute Gasteiger partial charge is 0.0602 e. The van der Waals surface area contributed by atoms with Crippen LogP contribution in [0.15, 0.2) is 0 Å². The Morgan fingerprint density at radius 3 is 2.53 bits per heavy atom. The first-order chi connectivity index (χ1) is 8.93. The molecule has 0 bridgehead atoms. The molecule has 2 aliphatic heterocycles. The van der Waals surface area contributed by atoms with Gasteiger partial charge >= 0.3 is 0 Å². The number of nitrogens with two attached hydrogens (primary N) is 1. The van der Waals surface area contributed by atoms with Crippen molar-refractivity contribution in [2.45, 2.75) is 58.2 Å². The summed E-state index contributed by atoms with van der Waals surface area (Å²) in [7, 11) is 0. The molecule has 3 N–H and O–H groups in total. The van der Waals surface area contributed by atoms with E-state index in [1.165, 1.54) is 32.4 Å². The van der Waals surface area contributed by atoms with Gasteiger partial charge in [0.25, 0.3) is 0 Å². The normalized spacial score (nSPS) is 29.8. The molecule has 0 aromatic carbocycles. The summed E-state index contributed by atoms with van der Waals surface area (Å²) in [6, 6.07) is 0.801. The van der Waals surface area contributed by atoms with E-state index >= 15 is 0 Å². The second kappa shape index (κ2) is 6.08. The van der Waals surface area contributed by atoms with Crippen LogP contribution in [0.2, 0.25) is 0 Å². The number of fused-ring (bicyclic) bond motifs is 1. The number of rotatable bonds is 3. The summed E-state index contributed by atoms with van der Waals surface area (Å²) in [5.41, 5.74) is 6.45. The third kappa shape index (κ3) is 3.48. The van der Waals surface area contributed by atoms with E-state index < -0.39 is 0 Å². The average molecular weight is 269 g/mol. The van der Waals surface area contributed by atoms with Gasteiger partial charge in [-0.15, -0.1) is 0 Å². The fourth-order valence-corrected chi connectivity index (χ4v) is 3.57. The number of nitrogens with zero attached hydrogens (tertiary/aromatic N) is 2. The molecule has 0 aliphatic carbocycles. The van der Waals surface area contributed by atoms with E-state index in [-0.39, 0.29) is 24.1 Å². The van der Waals surface area contributed by atoms with Crippen molar-refractivity contribution < 1.29 is 5.11 Å². The van der Waals surface area contributed by atoms with Gasteiger partial charge in [-0.3, -0.25) is 9.80 Å². The Labute approximate surface area is 117 Å². The lowest BCUT2D eigenvalue weighted by atomic mass is 9.82. The first kappa shape index (κ1) is 15.2. The van der Waals surface area contributed by atoms with Crippen LogP contribution in [-0.2, 0) is 0 Å². The molecule has 2 fully saturated rings. The lowest BCUT2D eigenvalue weighted by Gasteiger charge is -2.40. The minimum Gasteiger partial charge on any atom is -0.395 e. The third-order valence-electron chi connectivity index (χ3n) is 4.91. The molecule has 4 nitrogen and oxygen atoms in total. The second-order valence-corrected chi connectivity index (χ2v) is 7.32. The molecule has 4 heteroatoms. The van der Waals surface area contributed by atoms with Gasteiger partial charge in [0.2, 0.25) is 0 Å². The summed E-state index contributed by atoms with van der Waals surface area (Å²) in [6.07, 6.45) is 3.83. The average Bonchev–Trinajstić information content (AvgIpc) is 2.67. The monoisotopic (exact) mass is 269 g/mol. The molecular formula is C15H31N3O. The molecule has 0 aromatic rings. The minimum absolute atomic E-state index is 0.0189. The Morgan fingerprint density at radius 1 is 1.21 bits per heavy atom. The Kier molecular flexibility index (Phi) is 4.88. The van der Waals surface area contributed by atoms with Crippen molar-refractivity contribution in [1.29, 1.82) is 0 Å². The molecule has 19 heavy (non-hydrogen) atoms. The molecule has 3 atom stereocenters. The highest BCUT2D eigenvalue weighted by atomic mass is 16.3. The molecule has 0 radical (unpaired) electrons. The Bertz CT molecular complexity index is 290. The van der Waals surface area contributed by atoms with E-state index in [2.05, 4.69) is 30.6 Å². The van der Waals surface area contributed by atoms with Crippen molar-refractivity contribution in [2.24, 2.45) is 11.1 Å². The highest BCUT2D eigenvalue weighted by Gasteiger charge is 2.36. The topological polar surface area (TPSA) is 52.7 Å². The van der Waals surface area contributed by atoms with Crippen LogP contribution in [0.1, 0.15) is 40.0 Å². The summed E-state index contributed by atoms with van der Waals surface area (Å²) < 4.78 is 0. The van der Waals surface area contributed by atoms with Crippen LogP contribution in [0.25, 0.3) is 0 Å². The number of hydrogen-bond donors (Lipinski definition) is 2. The van der Waals surface area contributed by atoms with Crippen molar-refractivity contribution in [3.05, 3.63) is 0 Å². The summed E-state index contributed by atoms with van der Waals surface area (Å²) in [5.74, 6) is 0. The SMILES string of the molecule is CC(C)(C)C(N)C(CO)N1CCCN2CCCC2C1. The zero-order valence-corrected chi connectivity index (χ0v) is 12.8. The maximum atomic E-state index is 9.81. The number of aliphatic hydroxyl groups is 1. The van der Waals surface area contributed by atoms with E-state index in [0.717, 1.165) is 13.1 Å². The van der Waals surface area contributed by atoms with Crippen molar-refractivity contribution >= 4 is 0 Å². The molecule has 2 rings (SSSR count). The van der Waals surface area contributed by atoms with Gasteiger partial charge in [-0.05, 0) is 44.3 Å². The van der Waals surface area contributed by atoms with Gasteiger partial charge in [0.05, 0.1) is 6.61 Å². The third-order valence-corrected chi connectivity index (χ3v) is 4.91. The van der Waals surface area contributed by atoms with Gasteiger partial charge in [0.1, 0.15) is 0 Å². The first-order valence-electron chi connectivity index (χ1n) is 7.78. The highest BCUT2D eigenvalue weighted by molar-refractivity contribution is 4.94.